The van der Waals surface area contributed by atoms with Crippen LogP contribution in [0.5, 0.6) is 0 Å². The van der Waals surface area contributed by atoms with Crippen LogP contribution in [0.15, 0.2) is 78.9 Å². The third-order valence-corrected chi connectivity index (χ3v) is 54.4. The van der Waals surface area contributed by atoms with Crippen molar-refractivity contribution in [2.24, 2.45) is 0 Å². The van der Waals surface area contributed by atoms with E-state index in [9.17, 15) is 0 Å². The van der Waals surface area contributed by atoms with Gasteiger partial charge in [0.1, 0.15) is 0 Å². The largest absolute Gasteiger partial charge is 0.456 e. The summed E-state index contributed by atoms with van der Waals surface area (Å²) in [5, 5.41) is 3.04. The number of rotatable bonds is 3. The SMILES string of the molecule is C[Si]1(C)CC(c2ccc(C3C[Si](C)(C)O[Si]3(C)C)cc2)[Si](C)(C)O1.C[Si]1(C)CC(c2ccccc2)[Si](C)(C)O1.C[Si]1(C)CC[Si](C)(C)O1.C[Si]1(C)O[Si](C)(C)c2ccccc21. The average molecular weight is 1000 g/mol. The summed E-state index contributed by atoms with van der Waals surface area (Å²) in [4.78, 5) is 0. The molecule has 0 aliphatic carbocycles. The van der Waals surface area contributed by atoms with Crippen molar-refractivity contribution >= 4 is 93.5 Å². The normalized spacial score (nSPS) is 29.1. The lowest BCUT2D eigenvalue weighted by atomic mass is 10.1. The van der Waals surface area contributed by atoms with Crippen molar-refractivity contribution in [1.29, 1.82) is 0 Å². The Morgan fingerprint density at radius 1 is 0.311 bits per heavy atom. The zero-order valence-electron chi connectivity index (χ0n) is 42.3. The van der Waals surface area contributed by atoms with Crippen LogP contribution in [-0.4, -0.2) is 83.2 Å². The fraction of sp³-hybridized carbons (Fsp3) is 0.609. The van der Waals surface area contributed by atoms with Gasteiger partial charge in [0.15, 0.2) is 66.5 Å². The summed E-state index contributed by atoms with van der Waals surface area (Å²) in [6.07, 6.45) is 0. The number of hydrogen-bond donors (Lipinski definition) is 0. The van der Waals surface area contributed by atoms with Crippen LogP contribution in [0.4, 0.5) is 0 Å². The minimum atomic E-state index is -1.59. The maximum absolute atomic E-state index is 6.56. The van der Waals surface area contributed by atoms with Crippen molar-refractivity contribution < 1.29 is 20.6 Å². The second kappa shape index (κ2) is 18.0. The van der Waals surface area contributed by atoms with Crippen molar-refractivity contribution in [3.05, 3.63) is 95.6 Å². The molecule has 340 valence electrons. The van der Waals surface area contributed by atoms with Crippen molar-refractivity contribution in [2.45, 2.75) is 178 Å². The Balaban J connectivity index is 0.000000164. The van der Waals surface area contributed by atoms with Crippen LogP contribution in [0.1, 0.15) is 33.3 Å². The Kier molecular flexibility index (Phi) is 15.3. The second-order valence-electron chi connectivity index (χ2n) is 24.5. The molecule has 8 rings (SSSR count). The quantitative estimate of drug-likeness (QED) is 0.245. The zero-order valence-corrected chi connectivity index (χ0v) is 52.3. The highest BCUT2D eigenvalue weighted by atomic mass is 28.4. The Morgan fingerprint density at radius 2 is 0.590 bits per heavy atom. The summed E-state index contributed by atoms with van der Waals surface area (Å²) in [5.74, 6) is 0. The van der Waals surface area contributed by atoms with Gasteiger partial charge in [-0.25, -0.2) is 0 Å². The molecule has 4 fully saturated rings. The fourth-order valence-corrected chi connectivity index (χ4v) is 70.3. The molecule has 5 aliphatic rings. The Bertz CT molecular complexity index is 1860. The van der Waals surface area contributed by atoms with Gasteiger partial charge in [-0.15, -0.1) is 0 Å². The summed E-state index contributed by atoms with van der Waals surface area (Å²) in [6.45, 7) is 47.1. The van der Waals surface area contributed by atoms with Crippen molar-refractivity contribution in [3.63, 3.8) is 0 Å². The molecule has 3 unspecified atom stereocenters. The maximum atomic E-state index is 6.56. The van der Waals surface area contributed by atoms with Crippen LogP contribution in [0, 0.1) is 0 Å². The molecule has 5 nitrogen and oxygen atoms in total. The van der Waals surface area contributed by atoms with Gasteiger partial charge in [-0.05, 0) is 188 Å². The van der Waals surface area contributed by atoms with Crippen LogP contribution in [-0.2, 0) is 20.6 Å². The summed E-state index contributed by atoms with van der Waals surface area (Å²) in [6, 6.07) is 36.0. The average Bonchev–Trinajstić information content (AvgIpc) is 3.74. The molecule has 5 heterocycles. The summed E-state index contributed by atoms with van der Waals surface area (Å²) in [7, 11) is -14.2. The third-order valence-electron chi connectivity index (χ3n) is 13.8. The highest BCUT2D eigenvalue weighted by Crippen LogP contribution is 2.47. The molecule has 5 aliphatic heterocycles. The van der Waals surface area contributed by atoms with Crippen molar-refractivity contribution in [1.82, 2.24) is 0 Å². The molecule has 0 N–H and O–H groups in total. The van der Waals surface area contributed by atoms with Gasteiger partial charge in [-0.3, -0.25) is 0 Å². The van der Waals surface area contributed by atoms with Gasteiger partial charge < -0.3 is 20.6 Å². The van der Waals surface area contributed by atoms with E-state index in [1.54, 1.807) is 0 Å². The molecule has 0 amide bonds. The molecule has 0 spiro atoms. The highest BCUT2D eigenvalue weighted by molar-refractivity contribution is 7.05. The van der Waals surface area contributed by atoms with E-state index in [0.29, 0.717) is 16.6 Å². The molecule has 4 saturated heterocycles. The van der Waals surface area contributed by atoms with Gasteiger partial charge in [0, 0.05) is 16.6 Å². The summed E-state index contributed by atoms with van der Waals surface area (Å²) >= 11 is 0. The summed E-state index contributed by atoms with van der Waals surface area (Å²) in [5.41, 5.74) is 6.58. The van der Waals surface area contributed by atoms with E-state index in [4.69, 9.17) is 20.6 Å². The Hall–Kier alpha value is -0.371. The Labute approximate surface area is 384 Å². The zero-order chi connectivity index (χ0) is 45.9. The topological polar surface area (TPSA) is 46.2 Å². The Morgan fingerprint density at radius 3 is 0.836 bits per heavy atom. The fourth-order valence-electron chi connectivity index (χ4n) is 11.6. The molecule has 0 bridgehead atoms. The molecule has 3 aromatic rings. The smallest absolute Gasteiger partial charge is 0.206 e. The van der Waals surface area contributed by atoms with Crippen LogP contribution in [0.25, 0.3) is 0 Å². The van der Waals surface area contributed by atoms with Gasteiger partial charge >= 0.3 is 0 Å². The van der Waals surface area contributed by atoms with E-state index in [1.165, 1.54) is 57.3 Å². The van der Waals surface area contributed by atoms with E-state index < -0.39 is 83.2 Å². The lowest BCUT2D eigenvalue weighted by Crippen LogP contribution is -2.43. The standard InChI is InChI=1S/C18H34O2Si4.C12H20OSi2.C10H16OSi2.C6H16OSi2/c1-21(2)13-17(23(5,6)19-21)15-9-11-16(12-10-15)18-14-22(3,4)20-24(18,7)8;1-14(2)10-12(15(3,4)13-14)11-8-6-5-7-9-11;1-12(2)9-7-5-6-8-10(9)13(3,4)11-12;1-8(2)5-6-9(3,4)7-8/h9-12,17-18H,13-14H2,1-8H3;5-9,12H,10H2,1-4H3;5-8H,1-4H3;5-6H2,1-4H3. The van der Waals surface area contributed by atoms with Crippen LogP contribution in [0.2, 0.25) is 161 Å². The molecule has 0 radical (unpaired) electrons. The van der Waals surface area contributed by atoms with Crippen LogP contribution in [0.3, 0.4) is 0 Å². The predicted molar refractivity (Wildman–Crippen MR) is 291 cm³/mol. The van der Waals surface area contributed by atoms with E-state index in [0.717, 1.165) is 0 Å². The molecule has 61 heavy (non-hydrogen) atoms. The number of hydrogen-bond acceptors (Lipinski definition) is 5. The number of benzene rings is 3. The van der Waals surface area contributed by atoms with Crippen molar-refractivity contribution in [3.8, 4) is 0 Å². The van der Waals surface area contributed by atoms with E-state index in [2.05, 4.69) is 210 Å². The molecular weight excluding hydrogens is 913 g/mol. The molecule has 3 aromatic carbocycles. The molecular formula is C46H86O5Si10. The first-order valence-corrected chi connectivity index (χ1v) is 53.7. The first-order chi connectivity index (χ1) is 27.6. The van der Waals surface area contributed by atoms with E-state index >= 15 is 0 Å². The monoisotopic (exact) mass is 998 g/mol. The molecule has 3 atom stereocenters. The van der Waals surface area contributed by atoms with Gasteiger partial charge in [-0.1, -0.05) is 78.9 Å². The highest BCUT2D eigenvalue weighted by Gasteiger charge is 2.52. The molecule has 0 saturated carbocycles. The minimum absolute atomic E-state index is 0.670. The lowest BCUT2D eigenvalue weighted by molar-refractivity contribution is 0.569. The second-order valence-corrected chi connectivity index (χ2v) is 67.3. The van der Waals surface area contributed by atoms with Crippen LogP contribution >= 0.6 is 0 Å². The van der Waals surface area contributed by atoms with Gasteiger partial charge in [0.05, 0.1) is 0 Å². The minimum Gasteiger partial charge on any atom is -0.456 e. The van der Waals surface area contributed by atoms with E-state index in [1.807, 2.05) is 0 Å². The van der Waals surface area contributed by atoms with E-state index in [-0.39, 0.29) is 0 Å². The van der Waals surface area contributed by atoms with Crippen molar-refractivity contribution in [2.75, 3.05) is 0 Å². The number of fused-ring (bicyclic) bond motifs is 1. The molecule has 15 heteroatoms. The van der Waals surface area contributed by atoms with Gasteiger partial charge in [-0.2, -0.15) is 0 Å². The first-order valence-electron chi connectivity index (χ1n) is 23.3. The predicted octanol–water partition coefficient (Wildman–Crippen LogP) is 13.5. The van der Waals surface area contributed by atoms with Gasteiger partial charge in [0.2, 0.25) is 16.6 Å². The van der Waals surface area contributed by atoms with Crippen LogP contribution < -0.4 is 10.4 Å². The maximum Gasteiger partial charge on any atom is 0.206 e. The first kappa shape index (κ1) is 51.6. The lowest BCUT2D eigenvalue weighted by Gasteiger charge is -2.27. The third kappa shape index (κ3) is 13.2. The van der Waals surface area contributed by atoms with Gasteiger partial charge in [0.25, 0.3) is 0 Å². The summed E-state index contributed by atoms with van der Waals surface area (Å²) < 4.78 is 31.8. The molecule has 0 aromatic heterocycles.